The normalized spacial score (nSPS) is 17.9. The van der Waals surface area contributed by atoms with E-state index in [1.54, 1.807) is 6.20 Å². The maximum absolute atomic E-state index is 8.96. The van der Waals surface area contributed by atoms with Crippen molar-refractivity contribution in [1.29, 1.82) is 0 Å². The zero-order valence-corrected chi connectivity index (χ0v) is 7.74. The Kier molecular flexibility index (Phi) is 2.60. The number of pyridine rings is 1. The molecule has 2 rings (SSSR count). The standard InChI is InChI=1S/C11H15NO/c13-8-9-5-11(7-12-6-9)10-3-1-2-4-10/h5-7,10,13H,1-4,8H2. The van der Waals surface area contributed by atoms with Crippen LogP contribution in [0.1, 0.15) is 42.7 Å². The number of aliphatic hydroxyl groups is 1. The fourth-order valence-corrected chi connectivity index (χ4v) is 2.08. The first kappa shape index (κ1) is 8.70. The Balaban J connectivity index is 2.18. The van der Waals surface area contributed by atoms with Gasteiger partial charge in [0.1, 0.15) is 0 Å². The highest BCUT2D eigenvalue weighted by molar-refractivity contribution is 5.21. The van der Waals surface area contributed by atoms with E-state index in [1.807, 2.05) is 6.20 Å². The van der Waals surface area contributed by atoms with Crippen LogP contribution in [0.15, 0.2) is 18.5 Å². The Labute approximate surface area is 78.6 Å². The lowest BCUT2D eigenvalue weighted by Crippen LogP contribution is -1.95. The minimum absolute atomic E-state index is 0.105. The molecule has 1 fully saturated rings. The number of rotatable bonds is 2. The van der Waals surface area contributed by atoms with Crippen molar-refractivity contribution in [3.05, 3.63) is 29.6 Å². The summed E-state index contributed by atoms with van der Waals surface area (Å²) >= 11 is 0. The highest BCUT2D eigenvalue weighted by atomic mass is 16.3. The number of hydrogen-bond donors (Lipinski definition) is 1. The van der Waals surface area contributed by atoms with Crippen LogP contribution < -0.4 is 0 Å². The van der Waals surface area contributed by atoms with Crippen molar-refractivity contribution in [2.45, 2.75) is 38.2 Å². The molecule has 1 heterocycles. The summed E-state index contributed by atoms with van der Waals surface area (Å²) in [6.45, 7) is 0.105. The van der Waals surface area contributed by atoms with E-state index in [2.05, 4.69) is 11.1 Å². The second-order valence-corrected chi connectivity index (χ2v) is 3.77. The largest absolute Gasteiger partial charge is 0.392 e. The Morgan fingerprint density at radius 3 is 2.77 bits per heavy atom. The molecule has 0 unspecified atom stereocenters. The molecule has 70 valence electrons. The zero-order chi connectivity index (χ0) is 9.10. The van der Waals surface area contributed by atoms with Gasteiger partial charge < -0.3 is 5.11 Å². The first-order chi connectivity index (χ1) is 6.40. The van der Waals surface area contributed by atoms with Gasteiger partial charge in [-0.15, -0.1) is 0 Å². The molecule has 13 heavy (non-hydrogen) atoms. The lowest BCUT2D eigenvalue weighted by Gasteiger charge is -2.09. The van der Waals surface area contributed by atoms with Gasteiger partial charge in [0.05, 0.1) is 6.61 Å². The lowest BCUT2D eigenvalue weighted by atomic mass is 9.98. The monoisotopic (exact) mass is 177 g/mol. The highest BCUT2D eigenvalue weighted by Crippen LogP contribution is 2.33. The predicted octanol–water partition coefficient (Wildman–Crippen LogP) is 2.23. The average molecular weight is 177 g/mol. The SMILES string of the molecule is OCc1cncc(C2CCCC2)c1. The molecule has 0 atom stereocenters. The summed E-state index contributed by atoms with van der Waals surface area (Å²) in [6, 6.07) is 2.09. The molecule has 1 aliphatic carbocycles. The molecule has 0 radical (unpaired) electrons. The zero-order valence-electron chi connectivity index (χ0n) is 7.74. The Morgan fingerprint density at radius 1 is 1.31 bits per heavy atom. The van der Waals surface area contributed by atoms with Gasteiger partial charge in [0.25, 0.3) is 0 Å². The van der Waals surface area contributed by atoms with Crippen molar-refractivity contribution in [1.82, 2.24) is 4.98 Å². The fraction of sp³-hybridized carbons (Fsp3) is 0.545. The van der Waals surface area contributed by atoms with Crippen molar-refractivity contribution < 1.29 is 5.11 Å². The summed E-state index contributed by atoms with van der Waals surface area (Å²) in [6.07, 6.45) is 8.93. The van der Waals surface area contributed by atoms with Gasteiger partial charge in [-0.3, -0.25) is 4.98 Å². The van der Waals surface area contributed by atoms with Crippen molar-refractivity contribution in [2.75, 3.05) is 0 Å². The number of nitrogens with zero attached hydrogens (tertiary/aromatic N) is 1. The minimum atomic E-state index is 0.105. The summed E-state index contributed by atoms with van der Waals surface area (Å²) in [4.78, 5) is 4.14. The molecule has 1 aromatic heterocycles. The van der Waals surface area contributed by atoms with Crippen molar-refractivity contribution in [3.63, 3.8) is 0 Å². The number of hydrogen-bond acceptors (Lipinski definition) is 2. The quantitative estimate of drug-likeness (QED) is 0.751. The minimum Gasteiger partial charge on any atom is -0.392 e. The van der Waals surface area contributed by atoms with E-state index in [0.717, 1.165) is 5.56 Å². The van der Waals surface area contributed by atoms with Crippen LogP contribution in [0.4, 0.5) is 0 Å². The molecule has 1 aliphatic rings. The van der Waals surface area contributed by atoms with Crippen LogP contribution in [0.2, 0.25) is 0 Å². The third kappa shape index (κ3) is 1.89. The summed E-state index contributed by atoms with van der Waals surface area (Å²) in [5, 5.41) is 8.96. The van der Waals surface area contributed by atoms with Gasteiger partial charge in [-0.1, -0.05) is 18.9 Å². The first-order valence-electron chi connectivity index (χ1n) is 4.95. The average Bonchev–Trinajstić information content (AvgIpc) is 2.71. The molecular formula is C11H15NO. The Bertz CT molecular complexity index is 279. The number of aromatic nitrogens is 1. The van der Waals surface area contributed by atoms with Gasteiger partial charge in [-0.25, -0.2) is 0 Å². The summed E-state index contributed by atoms with van der Waals surface area (Å²) in [5.74, 6) is 0.694. The molecule has 0 bridgehead atoms. The molecule has 0 amide bonds. The molecule has 0 aliphatic heterocycles. The van der Waals surface area contributed by atoms with Crippen LogP contribution in [-0.2, 0) is 6.61 Å². The predicted molar refractivity (Wildman–Crippen MR) is 51.4 cm³/mol. The maximum atomic E-state index is 8.96. The molecule has 0 saturated heterocycles. The maximum Gasteiger partial charge on any atom is 0.0696 e. The molecule has 1 aromatic rings. The van der Waals surface area contributed by atoms with Gasteiger partial charge in [-0.05, 0) is 29.9 Å². The van der Waals surface area contributed by atoms with Crippen molar-refractivity contribution >= 4 is 0 Å². The van der Waals surface area contributed by atoms with Gasteiger partial charge in [0, 0.05) is 12.4 Å². The van der Waals surface area contributed by atoms with E-state index >= 15 is 0 Å². The molecular weight excluding hydrogens is 162 g/mol. The molecule has 1 N–H and O–H groups in total. The third-order valence-electron chi connectivity index (χ3n) is 2.83. The van der Waals surface area contributed by atoms with Crippen LogP contribution in [0.5, 0.6) is 0 Å². The summed E-state index contributed by atoms with van der Waals surface area (Å²) in [5.41, 5.74) is 2.24. The second kappa shape index (κ2) is 3.88. The van der Waals surface area contributed by atoms with Crippen molar-refractivity contribution in [2.24, 2.45) is 0 Å². The molecule has 1 saturated carbocycles. The van der Waals surface area contributed by atoms with E-state index in [0.29, 0.717) is 5.92 Å². The van der Waals surface area contributed by atoms with Crippen LogP contribution in [0.3, 0.4) is 0 Å². The Morgan fingerprint density at radius 2 is 2.08 bits per heavy atom. The topological polar surface area (TPSA) is 33.1 Å². The van der Waals surface area contributed by atoms with Gasteiger partial charge in [0.15, 0.2) is 0 Å². The second-order valence-electron chi connectivity index (χ2n) is 3.77. The van der Waals surface area contributed by atoms with Crippen LogP contribution in [0.25, 0.3) is 0 Å². The smallest absolute Gasteiger partial charge is 0.0696 e. The van der Waals surface area contributed by atoms with Crippen LogP contribution in [0, 0.1) is 0 Å². The van der Waals surface area contributed by atoms with Gasteiger partial charge in [-0.2, -0.15) is 0 Å². The van der Waals surface area contributed by atoms with Crippen LogP contribution in [-0.4, -0.2) is 10.1 Å². The lowest BCUT2D eigenvalue weighted by molar-refractivity contribution is 0.281. The van der Waals surface area contributed by atoms with Crippen LogP contribution >= 0.6 is 0 Å². The molecule has 0 aromatic carbocycles. The summed E-state index contributed by atoms with van der Waals surface area (Å²) in [7, 11) is 0. The Hall–Kier alpha value is -0.890. The third-order valence-corrected chi connectivity index (χ3v) is 2.83. The molecule has 0 spiro atoms. The number of aliphatic hydroxyl groups excluding tert-OH is 1. The van der Waals surface area contributed by atoms with E-state index in [1.165, 1.54) is 31.2 Å². The van der Waals surface area contributed by atoms with E-state index < -0.39 is 0 Å². The van der Waals surface area contributed by atoms with E-state index in [4.69, 9.17) is 5.11 Å². The first-order valence-corrected chi connectivity index (χ1v) is 4.95. The van der Waals surface area contributed by atoms with Gasteiger partial charge >= 0.3 is 0 Å². The summed E-state index contributed by atoms with van der Waals surface area (Å²) < 4.78 is 0. The van der Waals surface area contributed by atoms with Gasteiger partial charge in [0.2, 0.25) is 0 Å². The molecule has 2 nitrogen and oxygen atoms in total. The highest BCUT2D eigenvalue weighted by Gasteiger charge is 2.17. The molecule has 2 heteroatoms. The van der Waals surface area contributed by atoms with E-state index in [-0.39, 0.29) is 6.61 Å². The fourth-order valence-electron chi connectivity index (χ4n) is 2.08. The van der Waals surface area contributed by atoms with E-state index in [9.17, 15) is 0 Å². The van der Waals surface area contributed by atoms with Crippen molar-refractivity contribution in [3.8, 4) is 0 Å².